The van der Waals surface area contributed by atoms with Gasteiger partial charge in [0.2, 0.25) is 10.0 Å². The van der Waals surface area contributed by atoms with E-state index in [0.29, 0.717) is 11.1 Å². The summed E-state index contributed by atoms with van der Waals surface area (Å²) >= 11 is 4.85. The van der Waals surface area contributed by atoms with Gasteiger partial charge < -0.3 is 5.73 Å². The van der Waals surface area contributed by atoms with Crippen LogP contribution in [0.25, 0.3) is 0 Å². The van der Waals surface area contributed by atoms with Crippen molar-refractivity contribution in [3.63, 3.8) is 0 Å². The maximum absolute atomic E-state index is 12.2. The molecule has 1 aromatic heterocycles. The lowest BCUT2D eigenvalue weighted by atomic mass is 10.1. The summed E-state index contributed by atoms with van der Waals surface area (Å²) in [5, 5.41) is 12.9. The first-order valence-corrected chi connectivity index (χ1v) is 7.42. The molecule has 0 unspecified atom stereocenters. The molecule has 0 atom stereocenters. The molecule has 2 rings (SSSR count). The third-order valence-corrected chi connectivity index (χ3v) is 4.36. The molecule has 0 saturated carbocycles. The van der Waals surface area contributed by atoms with Crippen molar-refractivity contribution in [1.29, 1.82) is 0 Å². The third-order valence-electron chi connectivity index (χ3n) is 2.56. The molecule has 0 radical (unpaired) electrons. The van der Waals surface area contributed by atoms with E-state index in [1.54, 1.807) is 19.1 Å². The number of aromatic nitrogens is 4. The van der Waals surface area contributed by atoms with Crippen molar-refractivity contribution < 1.29 is 8.42 Å². The van der Waals surface area contributed by atoms with Gasteiger partial charge in [0.25, 0.3) is 0 Å². The highest BCUT2D eigenvalue weighted by molar-refractivity contribution is 7.89. The van der Waals surface area contributed by atoms with Gasteiger partial charge in [0.05, 0.1) is 11.4 Å². The third kappa shape index (κ3) is 3.15. The summed E-state index contributed by atoms with van der Waals surface area (Å²) in [4.78, 5) is 0.373. The van der Waals surface area contributed by atoms with Crippen LogP contribution in [0.2, 0.25) is 0 Å². The summed E-state index contributed by atoms with van der Waals surface area (Å²) in [6.45, 7) is 1.63. The van der Waals surface area contributed by atoms with E-state index >= 15 is 0 Å². The summed E-state index contributed by atoms with van der Waals surface area (Å²) in [6.07, 6.45) is 0. The first-order valence-electron chi connectivity index (χ1n) is 5.52. The Balaban J connectivity index is 2.23. The van der Waals surface area contributed by atoms with Gasteiger partial charge in [-0.2, -0.15) is 5.21 Å². The number of hydrogen-bond donors (Lipinski definition) is 3. The molecule has 1 heterocycles. The Bertz CT molecular complexity index is 726. The molecule has 1 aromatic carbocycles. The lowest BCUT2D eigenvalue weighted by Crippen LogP contribution is -2.25. The molecule has 0 amide bonds. The predicted octanol–water partition coefficient (Wildman–Crippen LogP) is -0.379. The van der Waals surface area contributed by atoms with Gasteiger partial charge in [-0.1, -0.05) is 23.5 Å². The Morgan fingerprint density at radius 1 is 1.50 bits per heavy atom. The molecule has 4 N–H and O–H groups in total. The van der Waals surface area contributed by atoms with Gasteiger partial charge >= 0.3 is 0 Å². The Morgan fingerprint density at radius 3 is 2.80 bits per heavy atom. The van der Waals surface area contributed by atoms with Crippen LogP contribution in [0.5, 0.6) is 0 Å². The summed E-state index contributed by atoms with van der Waals surface area (Å²) < 4.78 is 26.7. The highest BCUT2D eigenvalue weighted by Crippen LogP contribution is 2.16. The molecule has 20 heavy (non-hydrogen) atoms. The molecule has 0 aliphatic heterocycles. The average Bonchev–Trinajstić information content (AvgIpc) is 2.89. The molecule has 2 aromatic rings. The fourth-order valence-electron chi connectivity index (χ4n) is 1.60. The van der Waals surface area contributed by atoms with E-state index in [4.69, 9.17) is 18.0 Å². The molecular weight excluding hydrogens is 300 g/mol. The quantitative estimate of drug-likeness (QED) is 0.642. The molecule has 0 saturated heterocycles. The van der Waals surface area contributed by atoms with Gasteiger partial charge in [-0.3, -0.25) is 0 Å². The van der Waals surface area contributed by atoms with E-state index in [2.05, 4.69) is 25.3 Å². The number of aryl methyl sites for hydroxylation is 1. The van der Waals surface area contributed by atoms with E-state index in [0.717, 1.165) is 0 Å². The van der Waals surface area contributed by atoms with Gasteiger partial charge in [0.15, 0.2) is 5.82 Å². The van der Waals surface area contributed by atoms with Gasteiger partial charge in [0, 0.05) is 5.56 Å². The Kier molecular flexibility index (Phi) is 4.06. The van der Waals surface area contributed by atoms with E-state index in [9.17, 15) is 8.42 Å². The lowest BCUT2D eigenvalue weighted by molar-refractivity contribution is 0.578. The maximum Gasteiger partial charge on any atom is 0.241 e. The highest BCUT2D eigenvalue weighted by Gasteiger charge is 2.17. The maximum atomic E-state index is 12.2. The average molecular weight is 312 g/mol. The standard InChI is InChI=1S/C10H12N6O2S2/c1-6-4-7(10(11)19)2-3-8(6)20(17,18)12-5-9-13-15-16-14-9/h2-4,12H,5H2,1H3,(H2,11,19)(H,13,14,15,16). The number of nitrogens with zero attached hydrogens (tertiary/aromatic N) is 3. The number of nitrogens with two attached hydrogens (primary N) is 1. The minimum atomic E-state index is -3.67. The van der Waals surface area contributed by atoms with Crippen LogP contribution in [-0.2, 0) is 16.6 Å². The summed E-state index contributed by atoms with van der Waals surface area (Å²) in [5.41, 5.74) is 6.68. The molecule has 0 aliphatic rings. The number of rotatable bonds is 5. The number of tetrazole rings is 1. The smallest absolute Gasteiger partial charge is 0.241 e. The van der Waals surface area contributed by atoms with Crippen molar-refractivity contribution in [2.45, 2.75) is 18.4 Å². The number of thiocarbonyl (C=S) groups is 1. The molecule has 0 bridgehead atoms. The number of hydrogen-bond acceptors (Lipinski definition) is 6. The van der Waals surface area contributed by atoms with Crippen molar-refractivity contribution >= 4 is 27.2 Å². The van der Waals surface area contributed by atoms with Crippen molar-refractivity contribution in [2.75, 3.05) is 0 Å². The van der Waals surface area contributed by atoms with E-state index in [1.165, 1.54) is 6.07 Å². The van der Waals surface area contributed by atoms with Gasteiger partial charge in [-0.25, -0.2) is 13.1 Å². The van der Waals surface area contributed by atoms with Crippen LogP contribution in [0.15, 0.2) is 23.1 Å². The molecular formula is C10H12N6O2S2. The molecule has 106 valence electrons. The van der Waals surface area contributed by atoms with E-state index in [-0.39, 0.29) is 22.3 Å². The van der Waals surface area contributed by atoms with Crippen LogP contribution in [0, 0.1) is 6.92 Å². The van der Waals surface area contributed by atoms with Crippen molar-refractivity contribution in [3.05, 3.63) is 35.2 Å². The second-order valence-corrected chi connectivity index (χ2v) is 6.17. The molecule has 8 nitrogen and oxygen atoms in total. The fourth-order valence-corrected chi connectivity index (χ4v) is 2.93. The second-order valence-electron chi connectivity index (χ2n) is 4.00. The minimum Gasteiger partial charge on any atom is -0.389 e. The number of aromatic amines is 1. The molecule has 0 spiro atoms. The zero-order valence-corrected chi connectivity index (χ0v) is 12.1. The zero-order chi connectivity index (χ0) is 14.8. The van der Waals surface area contributed by atoms with Crippen molar-refractivity contribution in [1.82, 2.24) is 25.3 Å². The van der Waals surface area contributed by atoms with Crippen LogP contribution in [0.1, 0.15) is 17.0 Å². The minimum absolute atomic E-state index is 0.0463. The van der Waals surface area contributed by atoms with Crippen LogP contribution in [-0.4, -0.2) is 34.0 Å². The van der Waals surface area contributed by atoms with E-state index < -0.39 is 10.0 Å². The summed E-state index contributed by atoms with van der Waals surface area (Å²) in [5.74, 6) is 0.256. The number of sulfonamides is 1. The molecule has 0 fully saturated rings. The van der Waals surface area contributed by atoms with Crippen LogP contribution in [0.3, 0.4) is 0 Å². The lowest BCUT2D eigenvalue weighted by Gasteiger charge is -2.09. The first kappa shape index (κ1) is 14.5. The van der Waals surface area contributed by atoms with Crippen LogP contribution < -0.4 is 10.5 Å². The van der Waals surface area contributed by atoms with Crippen molar-refractivity contribution in [2.24, 2.45) is 5.73 Å². The Morgan fingerprint density at radius 2 is 2.25 bits per heavy atom. The van der Waals surface area contributed by atoms with Crippen molar-refractivity contribution in [3.8, 4) is 0 Å². The zero-order valence-electron chi connectivity index (χ0n) is 10.5. The van der Waals surface area contributed by atoms with Crippen LogP contribution in [0.4, 0.5) is 0 Å². The Labute approximate surface area is 120 Å². The van der Waals surface area contributed by atoms with Gasteiger partial charge in [0.1, 0.15) is 4.99 Å². The van der Waals surface area contributed by atoms with Gasteiger partial charge in [-0.15, -0.1) is 10.2 Å². The molecule has 0 aliphatic carbocycles. The van der Waals surface area contributed by atoms with Gasteiger partial charge in [-0.05, 0) is 24.6 Å². The van der Waals surface area contributed by atoms with Crippen LogP contribution >= 0.6 is 12.2 Å². The molecule has 10 heteroatoms. The fraction of sp³-hybridized carbons (Fsp3) is 0.200. The predicted molar refractivity (Wildman–Crippen MR) is 75.3 cm³/mol. The summed E-state index contributed by atoms with van der Waals surface area (Å²) in [6, 6.07) is 4.66. The normalized spacial score (nSPS) is 11.4. The first-order chi connectivity index (χ1) is 9.40. The second kappa shape index (κ2) is 5.61. The summed E-state index contributed by atoms with van der Waals surface area (Å²) in [7, 11) is -3.67. The SMILES string of the molecule is Cc1cc(C(N)=S)ccc1S(=O)(=O)NCc1nn[nH]n1. The highest BCUT2D eigenvalue weighted by atomic mass is 32.2. The number of nitrogens with one attached hydrogen (secondary N) is 2. The Hall–Kier alpha value is -1.91. The largest absolute Gasteiger partial charge is 0.389 e. The van der Waals surface area contributed by atoms with E-state index in [1.807, 2.05) is 0 Å². The monoisotopic (exact) mass is 312 g/mol. The number of H-pyrrole nitrogens is 1. The number of benzene rings is 1. The topological polar surface area (TPSA) is 127 Å².